The number of halogens is 3. The minimum Gasteiger partial charge on any atom is -0.488 e. The molecule has 2 atom stereocenters. The van der Waals surface area contributed by atoms with Gasteiger partial charge in [-0.1, -0.05) is 35.6 Å². The molecule has 1 aliphatic carbocycles. The van der Waals surface area contributed by atoms with Crippen LogP contribution in [0.3, 0.4) is 0 Å². The lowest BCUT2D eigenvalue weighted by atomic mass is 9.97. The molecule has 2 rings (SSSR count). The Bertz CT molecular complexity index is 883. The molecule has 0 spiro atoms. The molecule has 0 saturated carbocycles. The zero-order valence-corrected chi connectivity index (χ0v) is 16.6. The van der Waals surface area contributed by atoms with Crippen LogP contribution in [-0.2, 0) is 16.0 Å². The normalized spacial score (nSPS) is 19.4. The summed E-state index contributed by atoms with van der Waals surface area (Å²) in [5, 5.41) is 9.47. The van der Waals surface area contributed by atoms with E-state index < -0.39 is 30.0 Å². The second kappa shape index (κ2) is 10.8. The van der Waals surface area contributed by atoms with Gasteiger partial charge in [-0.05, 0) is 48.9 Å². The van der Waals surface area contributed by atoms with Crippen LogP contribution >= 0.6 is 11.6 Å². The van der Waals surface area contributed by atoms with Crippen molar-refractivity contribution in [1.82, 2.24) is 0 Å². The fourth-order valence-corrected chi connectivity index (χ4v) is 2.84. The lowest BCUT2D eigenvalue weighted by Gasteiger charge is -2.15. The number of alkyl halides is 1. The van der Waals surface area contributed by atoms with Crippen LogP contribution in [0.4, 0.5) is 8.78 Å². The van der Waals surface area contributed by atoms with Crippen LogP contribution < -0.4 is 4.74 Å². The quantitative estimate of drug-likeness (QED) is 0.609. The highest BCUT2D eigenvalue weighted by atomic mass is 35.5. The number of hydrogen-bond acceptors (Lipinski definition) is 3. The van der Waals surface area contributed by atoms with E-state index in [0.717, 1.165) is 0 Å². The first-order chi connectivity index (χ1) is 13.8. The predicted octanol–water partition coefficient (Wildman–Crippen LogP) is 4.83. The summed E-state index contributed by atoms with van der Waals surface area (Å²) in [5.41, 5.74) is -1.29. The molecule has 0 amide bonds. The van der Waals surface area contributed by atoms with Gasteiger partial charge in [-0.25, -0.2) is 13.6 Å². The van der Waals surface area contributed by atoms with E-state index >= 15 is 0 Å². The number of ether oxygens (including phenoxy) is 2. The van der Waals surface area contributed by atoms with Crippen LogP contribution in [0.5, 0.6) is 5.75 Å². The summed E-state index contributed by atoms with van der Waals surface area (Å²) in [4.78, 5) is 11.2. The van der Waals surface area contributed by atoms with E-state index in [1.807, 2.05) is 0 Å². The Hall–Kier alpha value is -2.62. The standard InChI is InChI=1S/C22H21ClF2O4/c1-2-28-20(21(26)27)14-16-8-9-19(18(23)13-16)29-12-5-3-4-10-22(25)11-6-7-17(24)15-22/h3,5-9,11,13,20H,2,12,14-15H2,1H3,(H,26,27)/t20-,22?/m0/s1. The molecule has 1 aromatic rings. The Morgan fingerprint density at radius 3 is 2.93 bits per heavy atom. The van der Waals surface area contributed by atoms with Crippen molar-refractivity contribution in [2.75, 3.05) is 13.2 Å². The maximum atomic E-state index is 14.2. The van der Waals surface area contributed by atoms with E-state index in [0.29, 0.717) is 22.9 Å². The lowest BCUT2D eigenvalue weighted by molar-refractivity contribution is -0.149. The fraction of sp³-hybridized carbons (Fsp3) is 0.318. The summed E-state index contributed by atoms with van der Waals surface area (Å²) in [6, 6.07) is 4.98. The molecule has 0 aliphatic heterocycles. The number of carboxylic acid groups (broad SMARTS) is 1. The zero-order chi connectivity index (χ0) is 21.3. The molecule has 7 heteroatoms. The number of carbonyl (C=O) groups is 1. The topological polar surface area (TPSA) is 55.8 Å². The molecule has 1 aromatic carbocycles. The van der Waals surface area contributed by atoms with Crippen LogP contribution in [0.25, 0.3) is 0 Å². The van der Waals surface area contributed by atoms with Gasteiger partial charge < -0.3 is 14.6 Å². The molecular weight excluding hydrogens is 402 g/mol. The van der Waals surface area contributed by atoms with Gasteiger partial charge in [0.1, 0.15) is 18.2 Å². The number of rotatable bonds is 8. The Morgan fingerprint density at radius 1 is 1.48 bits per heavy atom. The van der Waals surface area contributed by atoms with Gasteiger partial charge >= 0.3 is 5.97 Å². The molecule has 0 aromatic heterocycles. The molecule has 0 fully saturated rings. The molecule has 0 bridgehead atoms. The number of aliphatic carboxylic acids is 1. The number of carboxylic acids is 1. The molecule has 0 saturated heterocycles. The number of allylic oxidation sites excluding steroid dienone is 5. The molecule has 4 nitrogen and oxygen atoms in total. The van der Waals surface area contributed by atoms with E-state index in [9.17, 15) is 13.6 Å². The molecule has 1 N–H and O–H groups in total. The first-order valence-corrected chi connectivity index (χ1v) is 9.37. The second-order valence-electron chi connectivity index (χ2n) is 6.25. The first-order valence-electron chi connectivity index (χ1n) is 8.99. The van der Waals surface area contributed by atoms with Gasteiger partial charge in [0, 0.05) is 19.4 Å². The van der Waals surface area contributed by atoms with Gasteiger partial charge in [0.2, 0.25) is 0 Å². The molecular formula is C22H21ClF2O4. The third kappa shape index (κ3) is 7.37. The highest BCUT2D eigenvalue weighted by molar-refractivity contribution is 6.32. The molecule has 29 heavy (non-hydrogen) atoms. The Morgan fingerprint density at radius 2 is 2.28 bits per heavy atom. The highest BCUT2D eigenvalue weighted by Crippen LogP contribution is 2.27. The van der Waals surface area contributed by atoms with E-state index in [1.165, 1.54) is 24.3 Å². The minimum atomic E-state index is -2.00. The summed E-state index contributed by atoms with van der Waals surface area (Å²) < 4.78 is 38.0. The van der Waals surface area contributed by atoms with Crippen LogP contribution in [0.15, 0.2) is 54.4 Å². The van der Waals surface area contributed by atoms with Crippen molar-refractivity contribution >= 4 is 17.6 Å². The fourth-order valence-electron chi connectivity index (χ4n) is 2.58. The SMILES string of the molecule is CCO[C@@H](Cc1ccc(OCC=CC#CC2(F)C=CC=C(F)C2)c(Cl)c1)C(=O)O. The average Bonchev–Trinajstić information content (AvgIpc) is 2.65. The van der Waals surface area contributed by atoms with Crippen LogP contribution in [0.1, 0.15) is 18.9 Å². The molecule has 0 radical (unpaired) electrons. The van der Waals surface area contributed by atoms with E-state index in [4.69, 9.17) is 26.2 Å². The summed E-state index contributed by atoms with van der Waals surface area (Å²) in [5.74, 6) is 3.74. The first kappa shape index (κ1) is 22.7. The Labute approximate surface area is 173 Å². The molecule has 154 valence electrons. The van der Waals surface area contributed by atoms with Crippen molar-refractivity contribution < 1.29 is 28.2 Å². The van der Waals surface area contributed by atoms with Gasteiger partial charge in [-0.3, -0.25) is 0 Å². The van der Waals surface area contributed by atoms with E-state index in [1.54, 1.807) is 31.2 Å². The Balaban J connectivity index is 1.88. The summed E-state index contributed by atoms with van der Waals surface area (Å²) >= 11 is 6.18. The summed E-state index contributed by atoms with van der Waals surface area (Å²) in [6.45, 7) is 2.17. The maximum Gasteiger partial charge on any atom is 0.333 e. The predicted molar refractivity (Wildman–Crippen MR) is 107 cm³/mol. The maximum absolute atomic E-state index is 14.2. The van der Waals surface area contributed by atoms with Crippen LogP contribution in [0.2, 0.25) is 5.02 Å². The van der Waals surface area contributed by atoms with Crippen molar-refractivity contribution in [2.45, 2.75) is 31.5 Å². The van der Waals surface area contributed by atoms with Gasteiger partial charge in [0.25, 0.3) is 0 Å². The summed E-state index contributed by atoms with van der Waals surface area (Å²) in [6.07, 6.45) is 5.58. The monoisotopic (exact) mass is 422 g/mol. The number of benzene rings is 1. The zero-order valence-electron chi connectivity index (χ0n) is 15.8. The van der Waals surface area contributed by atoms with E-state index in [2.05, 4.69) is 11.8 Å². The largest absolute Gasteiger partial charge is 0.488 e. The third-order valence-electron chi connectivity index (χ3n) is 3.94. The van der Waals surface area contributed by atoms with Crippen molar-refractivity contribution in [1.29, 1.82) is 0 Å². The van der Waals surface area contributed by atoms with Crippen molar-refractivity contribution in [3.05, 3.63) is 65.0 Å². The van der Waals surface area contributed by atoms with Gasteiger partial charge in [-0.15, -0.1) is 0 Å². The molecule has 1 unspecified atom stereocenters. The second-order valence-corrected chi connectivity index (χ2v) is 6.65. The third-order valence-corrected chi connectivity index (χ3v) is 4.24. The Kier molecular flexibility index (Phi) is 8.44. The highest BCUT2D eigenvalue weighted by Gasteiger charge is 2.27. The van der Waals surface area contributed by atoms with Crippen molar-refractivity contribution in [3.8, 4) is 17.6 Å². The van der Waals surface area contributed by atoms with Crippen molar-refractivity contribution in [3.63, 3.8) is 0 Å². The van der Waals surface area contributed by atoms with E-state index in [-0.39, 0.29) is 13.0 Å². The molecule has 0 heterocycles. The smallest absolute Gasteiger partial charge is 0.333 e. The van der Waals surface area contributed by atoms with Gasteiger partial charge in [0.15, 0.2) is 11.8 Å². The van der Waals surface area contributed by atoms with Crippen LogP contribution in [-0.4, -0.2) is 36.1 Å². The average molecular weight is 423 g/mol. The molecule has 1 aliphatic rings. The van der Waals surface area contributed by atoms with Crippen LogP contribution in [0, 0.1) is 11.8 Å². The van der Waals surface area contributed by atoms with Gasteiger partial charge in [0.05, 0.1) is 5.02 Å². The van der Waals surface area contributed by atoms with Gasteiger partial charge in [-0.2, -0.15) is 0 Å². The summed E-state index contributed by atoms with van der Waals surface area (Å²) in [7, 11) is 0. The minimum absolute atomic E-state index is 0.147. The van der Waals surface area contributed by atoms with Crippen molar-refractivity contribution in [2.24, 2.45) is 0 Å². The lowest BCUT2D eigenvalue weighted by Crippen LogP contribution is -2.26. The number of hydrogen-bond donors (Lipinski definition) is 1.